The van der Waals surface area contributed by atoms with E-state index in [9.17, 15) is 0 Å². The molecule has 0 amide bonds. The van der Waals surface area contributed by atoms with Gasteiger partial charge in [-0.1, -0.05) is 79.6 Å². The second kappa shape index (κ2) is 5.96. The molecule has 0 saturated heterocycles. The summed E-state index contributed by atoms with van der Waals surface area (Å²) in [4.78, 5) is 0. The molecular formula is C20H30Si. The van der Waals surface area contributed by atoms with Gasteiger partial charge in [0.15, 0.2) is 0 Å². The van der Waals surface area contributed by atoms with E-state index in [1.165, 1.54) is 6.04 Å². The fourth-order valence-corrected chi connectivity index (χ4v) is 7.98. The first-order valence-corrected chi connectivity index (χ1v) is 10.1. The average Bonchev–Trinajstić information content (AvgIpc) is 2.61. The summed E-state index contributed by atoms with van der Waals surface area (Å²) in [6.07, 6.45) is 0. The van der Waals surface area contributed by atoms with Crippen molar-refractivity contribution in [3.8, 4) is 0 Å². The van der Waals surface area contributed by atoms with E-state index in [0.717, 1.165) is 0 Å². The van der Waals surface area contributed by atoms with E-state index in [4.69, 9.17) is 0 Å². The van der Waals surface area contributed by atoms with E-state index < -0.39 is 8.80 Å². The molecule has 0 heterocycles. The highest BCUT2D eigenvalue weighted by molar-refractivity contribution is 6.80. The van der Waals surface area contributed by atoms with Crippen LogP contribution in [0.2, 0.25) is 6.04 Å². The summed E-state index contributed by atoms with van der Waals surface area (Å²) in [6.45, 7) is 16.6. The van der Waals surface area contributed by atoms with Gasteiger partial charge in [0.1, 0.15) is 0 Å². The molecule has 0 N–H and O–H groups in total. The third-order valence-electron chi connectivity index (χ3n) is 5.10. The zero-order valence-electron chi connectivity index (χ0n) is 14.7. The van der Waals surface area contributed by atoms with E-state index in [-0.39, 0.29) is 0 Å². The second-order valence-electron chi connectivity index (χ2n) is 7.84. The van der Waals surface area contributed by atoms with Crippen LogP contribution in [0.3, 0.4) is 0 Å². The maximum absolute atomic E-state index is 2.41. The Morgan fingerprint density at radius 1 is 0.952 bits per heavy atom. The van der Waals surface area contributed by atoms with Gasteiger partial charge in [0.2, 0.25) is 0 Å². The van der Waals surface area contributed by atoms with Gasteiger partial charge < -0.3 is 0 Å². The van der Waals surface area contributed by atoms with Crippen LogP contribution in [0.25, 0.3) is 0 Å². The van der Waals surface area contributed by atoms with E-state index in [1.807, 2.05) is 0 Å². The molecule has 1 aromatic carbocycles. The van der Waals surface area contributed by atoms with Crippen molar-refractivity contribution in [3.63, 3.8) is 0 Å². The third kappa shape index (κ3) is 3.40. The fraction of sp³-hybridized carbons (Fsp3) is 0.500. The van der Waals surface area contributed by atoms with Gasteiger partial charge in [-0.15, -0.1) is 0 Å². The first-order valence-electron chi connectivity index (χ1n) is 8.15. The summed E-state index contributed by atoms with van der Waals surface area (Å²) < 4.78 is 0. The Labute approximate surface area is 132 Å². The van der Waals surface area contributed by atoms with Crippen molar-refractivity contribution in [3.05, 3.63) is 52.2 Å². The largest absolute Gasteiger partial charge is 0.0992 e. The Bertz CT molecular complexity index is 570. The Kier molecular flexibility index (Phi) is 4.62. The lowest BCUT2D eigenvalue weighted by molar-refractivity contribution is 0.465. The predicted octanol–water partition coefficient (Wildman–Crippen LogP) is 5.01. The maximum Gasteiger partial charge on any atom is 0.0992 e. The second-order valence-corrected chi connectivity index (χ2v) is 10.6. The molecule has 0 spiro atoms. The molecule has 0 nitrogen and oxygen atoms in total. The lowest BCUT2D eigenvalue weighted by atomic mass is 10.0. The van der Waals surface area contributed by atoms with E-state index in [0.29, 0.717) is 11.3 Å². The van der Waals surface area contributed by atoms with Crippen molar-refractivity contribution in [2.45, 2.75) is 54.5 Å². The highest BCUT2D eigenvalue weighted by Gasteiger charge is 2.33. The van der Waals surface area contributed by atoms with Gasteiger partial charge in [-0.25, -0.2) is 0 Å². The molecule has 0 radical (unpaired) electrons. The van der Waals surface area contributed by atoms with Gasteiger partial charge in [0, 0.05) is 0 Å². The van der Waals surface area contributed by atoms with Crippen LogP contribution in [0.15, 0.2) is 52.2 Å². The molecule has 1 aromatic rings. The predicted molar refractivity (Wildman–Crippen MR) is 97.7 cm³/mol. The number of hydrogen-bond acceptors (Lipinski definition) is 0. The van der Waals surface area contributed by atoms with Gasteiger partial charge in [-0.3, -0.25) is 0 Å². The summed E-state index contributed by atoms with van der Waals surface area (Å²) in [6, 6.07) is 12.6. The first-order chi connectivity index (χ1) is 9.72. The summed E-state index contributed by atoms with van der Waals surface area (Å²) in [7, 11) is -1.12. The van der Waals surface area contributed by atoms with Crippen LogP contribution in [0, 0.1) is 11.3 Å². The van der Waals surface area contributed by atoms with Crippen LogP contribution >= 0.6 is 0 Å². The Balaban J connectivity index is 2.48. The van der Waals surface area contributed by atoms with E-state index >= 15 is 0 Å². The van der Waals surface area contributed by atoms with Crippen LogP contribution in [0.5, 0.6) is 0 Å². The minimum atomic E-state index is -1.12. The van der Waals surface area contributed by atoms with Crippen molar-refractivity contribution in [1.29, 1.82) is 0 Å². The molecule has 0 fully saturated rings. The first kappa shape index (κ1) is 16.3. The minimum Gasteiger partial charge on any atom is -0.0690 e. The molecule has 0 aliphatic heterocycles. The lowest BCUT2D eigenvalue weighted by Gasteiger charge is -2.29. The van der Waals surface area contributed by atoms with Crippen LogP contribution in [-0.4, -0.2) is 8.80 Å². The fourth-order valence-electron chi connectivity index (χ4n) is 3.66. The molecule has 2 atom stereocenters. The molecule has 0 saturated carbocycles. The average molecular weight is 299 g/mol. The quantitative estimate of drug-likeness (QED) is 0.688. The van der Waals surface area contributed by atoms with Crippen molar-refractivity contribution in [1.82, 2.24) is 0 Å². The standard InChI is InChI=1S/C20H30Si/c1-14-15(2)17(4)19(16(14)3)21(13-20(5,6)7)18-11-9-8-10-12-18/h8-12,16,21H,13H2,1-7H3. The summed E-state index contributed by atoms with van der Waals surface area (Å²) in [5.74, 6) is 0.643. The van der Waals surface area contributed by atoms with Gasteiger partial charge in [-0.05, 0) is 43.7 Å². The number of benzene rings is 1. The zero-order chi connectivity index (χ0) is 15.8. The third-order valence-corrected chi connectivity index (χ3v) is 9.60. The molecule has 1 aliphatic rings. The van der Waals surface area contributed by atoms with Crippen molar-refractivity contribution in [2.75, 3.05) is 0 Å². The molecule has 0 bridgehead atoms. The number of rotatable bonds is 3. The Morgan fingerprint density at radius 2 is 1.52 bits per heavy atom. The van der Waals surface area contributed by atoms with Gasteiger partial charge in [-0.2, -0.15) is 0 Å². The lowest BCUT2D eigenvalue weighted by Crippen LogP contribution is -2.38. The smallest absolute Gasteiger partial charge is 0.0690 e. The topological polar surface area (TPSA) is 0 Å². The summed E-state index contributed by atoms with van der Waals surface area (Å²) in [5, 5.41) is 3.39. The molecule has 21 heavy (non-hydrogen) atoms. The zero-order valence-corrected chi connectivity index (χ0v) is 15.9. The molecule has 1 heteroatoms. The van der Waals surface area contributed by atoms with E-state index in [1.54, 1.807) is 27.1 Å². The highest BCUT2D eigenvalue weighted by atomic mass is 28.3. The van der Waals surface area contributed by atoms with Crippen molar-refractivity contribution in [2.24, 2.45) is 11.3 Å². The maximum atomic E-state index is 2.41. The van der Waals surface area contributed by atoms with Gasteiger partial charge >= 0.3 is 0 Å². The van der Waals surface area contributed by atoms with Crippen LogP contribution in [0.1, 0.15) is 48.5 Å². The summed E-state index contributed by atoms with van der Waals surface area (Å²) in [5.41, 5.74) is 5.11. The minimum absolute atomic E-state index is 0.393. The van der Waals surface area contributed by atoms with Crippen molar-refractivity contribution < 1.29 is 0 Å². The van der Waals surface area contributed by atoms with Crippen LogP contribution in [0.4, 0.5) is 0 Å². The number of allylic oxidation sites excluding steroid dienone is 4. The normalized spacial score (nSPS) is 21.2. The summed E-state index contributed by atoms with van der Waals surface area (Å²) >= 11 is 0. The highest BCUT2D eigenvalue weighted by Crippen LogP contribution is 2.40. The van der Waals surface area contributed by atoms with Gasteiger partial charge in [0.25, 0.3) is 0 Å². The van der Waals surface area contributed by atoms with Crippen LogP contribution < -0.4 is 5.19 Å². The Hall–Kier alpha value is -1.08. The van der Waals surface area contributed by atoms with E-state index in [2.05, 4.69) is 78.8 Å². The number of hydrogen-bond donors (Lipinski definition) is 0. The molecular weight excluding hydrogens is 268 g/mol. The van der Waals surface area contributed by atoms with Crippen molar-refractivity contribution >= 4 is 14.0 Å². The van der Waals surface area contributed by atoms with Gasteiger partial charge in [0.05, 0.1) is 8.80 Å². The molecule has 2 unspecified atom stereocenters. The molecule has 0 aromatic heterocycles. The Morgan fingerprint density at radius 3 is 1.95 bits per heavy atom. The molecule has 2 rings (SSSR count). The monoisotopic (exact) mass is 298 g/mol. The molecule has 1 aliphatic carbocycles. The van der Waals surface area contributed by atoms with Crippen LogP contribution in [-0.2, 0) is 0 Å². The SMILES string of the molecule is CC1=C(C)C(C)C([SiH](CC(C)(C)C)c2ccccc2)=C1C. The molecule has 114 valence electrons.